The van der Waals surface area contributed by atoms with E-state index in [1.807, 2.05) is 0 Å². The van der Waals surface area contributed by atoms with Crippen LogP contribution >= 0.6 is 0 Å². The van der Waals surface area contributed by atoms with E-state index in [2.05, 4.69) is 30.3 Å². The highest BCUT2D eigenvalue weighted by molar-refractivity contribution is 6.14. The molecule has 0 N–H and O–H groups in total. The van der Waals surface area contributed by atoms with Crippen LogP contribution in [0.25, 0.3) is 0 Å². The van der Waals surface area contributed by atoms with Gasteiger partial charge in [-0.25, -0.2) is 0 Å². The molecular formula is C11H16OSi. The second-order valence-corrected chi connectivity index (χ2v) is 5.52. The molecule has 1 nitrogen and oxygen atoms in total. The minimum atomic E-state index is 0.111. The Kier molecular flexibility index (Phi) is 2.51. The van der Waals surface area contributed by atoms with Crippen molar-refractivity contribution in [2.45, 2.75) is 24.5 Å². The largest absolute Gasteiger partial charge is 0.375 e. The molecule has 1 saturated heterocycles. The van der Waals surface area contributed by atoms with Crippen molar-refractivity contribution in [2.75, 3.05) is 6.61 Å². The van der Waals surface area contributed by atoms with Crippen molar-refractivity contribution in [3.8, 4) is 0 Å². The summed E-state index contributed by atoms with van der Waals surface area (Å²) in [5, 5.41) is 0.111. The summed E-state index contributed by atoms with van der Waals surface area (Å²) in [5.41, 5.74) is 1.38. The Hall–Kier alpha value is -0.603. The third-order valence-electron chi connectivity index (χ3n) is 2.85. The van der Waals surface area contributed by atoms with Crippen LogP contribution in [-0.4, -0.2) is 16.8 Å². The molecule has 70 valence electrons. The van der Waals surface area contributed by atoms with Crippen LogP contribution in [0.15, 0.2) is 30.3 Å². The summed E-state index contributed by atoms with van der Waals surface area (Å²) in [7, 11) is 1.10. The molecule has 0 radical (unpaired) electrons. The van der Waals surface area contributed by atoms with Gasteiger partial charge in [0.1, 0.15) is 0 Å². The lowest BCUT2D eigenvalue weighted by Crippen LogP contribution is -2.33. The summed E-state index contributed by atoms with van der Waals surface area (Å²) in [6.07, 6.45) is 3.76. The molecule has 2 heteroatoms. The molecule has 2 rings (SSSR count). The van der Waals surface area contributed by atoms with Crippen molar-refractivity contribution < 1.29 is 4.74 Å². The number of benzene rings is 1. The fourth-order valence-corrected chi connectivity index (χ4v) is 2.84. The van der Waals surface area contributed by atoms with Gasteiger partial charge in [0.15, 0.2) is 0 Å². The molecule has 1 heterocycles. The molecule has 0 amide bonds. The maximum Gasteiger partial charge on any atom is 0.0723 e. The lowest BCUT2D eigenvalue weighted by atomic mass is 10.0. The summed E-state index contributed by atoms with van der Waals surface area (Å²) in [6.45, 7) is 0.943. The number of hydrogen-bond donors (Lipinski definition) is 0. The van der Waals surface area contributed by atoms with E-state index >= 15 is 0 Å². The Morgan fingerprint density at radius 1 is 1.15 bits per heavy atom. The van der Waals surface area contributed by atoms with E-state index in [1.165, 1.54) is 24.8 Å². The predicted octanol–water partition coefficient (Wildman–Crippen LogP) is 1.41. The average Bonchev–Trinajstić information content (AvgIpc) is 2.20. The number of ether oxygens (including phenoxy) is 1. The van der Waals surface area contributed by atoms with Gasteiger partial charge in [-0.1, -0.05) is 30.3 Å². The second kappa shape index (κ2) is 3.64. The second-order valence-electron chi connectivity index (χ2n) is 3.90. The molecule has 1 aromatic carbocycles. The lowest BCUT2D eigenvalue weighted by molar-refractivity contribution is -0.0210. The van der Waals surface area contributed by atoms with Crippen LogP contribution in [0.5, 0.6) is 0 Å². The van der Waals surface area contributed by atoms with Crippen molar-refractivity contribution >= 4 is 10.2 Å². The van der Waals surface area contributed by atoms with Gasteiger partial charge in [0.05, 0.1) is 5.22 Å². The molecule has 1 aromatic rings. The maximum atomic E-state index is 5.91. The molecule has 1 unspecified atom stereocenters. The van der Waals surface area contributed by atoms with Gasteiger partial charge in [0.2, 0.25) is 0 Å². The highest BCUT2D eigenvalue weighted by atomic mass is 28.1. The summed E-state index contributed by atoms with van der Waals surface area (Å²) < 4.78 is 5.91. The first-order valence-electron chi connectivity index (χ1n) is 5.01. The fraction of sp³-hybridized carbons (Fsp3) is 0.455. The zero-order chi connectivity index (χ0) is 9.15. The van der Waals surface area contributed by atoms with Crippen LogP contribution in [0.1, 0.15) is 24.8 Å². The standard InChI is InChI=1S/C11H16OSi/c13-11(8-4-5-9-12-11)10-6-2-1-3-7-10/h1-3,6-7H,4-5,8-9H2,13H3. The first kappa shape index (κ1) is 8.97. The first-order chi connectivity index (χ1) is 6.31. The minimum Gasteiger partial charge on any atom is -0.375 e. The first-order valence-corrected chi connectivity index (χ1v) is 6.01. The van der Waals surface area contributed by atoms with Gasteiger partial charge in [0.25, 0.3) is 0 Å². The van der Waals surface area contributed by atoms with E-state index in [0.29, 0.717) is 0 Å². The normalized spacial score (nSPS) is 28.9. The SMILES string of the molecule is [SiH3]C1(c2ccccc2)CCCCO1. The molecule has 0 aromatic heterocycles. The molecule has 1 fully saturated rings. The molecular weight excluding hydrogens is 176 g/mol. The van der Waals surface area contributed by atoms with E-state index in [1.54, 1.807) is 0 Å². The molecule has 0 aliphatic carbocycles. The Morgan fingerprint density at radius 2 is 1.92 bits per heavy atom. The van der Waals surface area contributed by atoms with E-state index in [-0.39, 0.29) is 5.22 Å². The Morgan fingerprint density at radius 3 is 2.54 bits per heavy atom. The van der Waals surface area contributed by atoms with Crippen LogP contribution in [0, 0.1) is 0 Å². The molecule has 0 saturated carbocycles. The molecule has 1 atom stereocenters. The van der Waals surface area contributed by atoms with Crippen LogP contribution in [0.2, 0.25) is 0 Å². The van der Waals surface area contributed by atoms with E-state index in [4.69, 9.17) is 4.74 Å². The van der Waals surface area contributed by atoms with Crippen molar-refractivity contribution in [3.05, 3.63) is 35.9 Å². The van der Waals surface area contributed by atoms with Crippen molar-refractivity contribution in [1.82, 2.24) is 0 Å². The third-order valence-corrected chi connectivity index (χ3v) is 4.22. The zero-order valence-electron chi connectivity index (χ0n) is 8.12. The van der Waals surface area contributed by atoms with Crippen molar-refractivity contribution in [2.24, 2.45) is 0 Å². The predicted molar refractivity (Wildman–Crippen MR) is 57.9 cm³/mol. The highest BCUT2D eigenvalue weighted by Crippen LogP contribution is 2.31. The molecule has 1 aliphatic rings. The minimum absolute atomic E-state index is 0.111. The van der Waals surface area contributed by atoms with Gasteiger partial charge >= 0.3 is 0 Å². The van der Waals surface area contributed by atoms with Crippen LogP contribution in [-0.2, 0) is 9.96 Å². The Bertz CT molecular complexity index is 265. The summed E-state index contributed by atoms with van der Waals surface area (Å²) >= 11 is 0. The van der Waals surface area contributed by atoms with Crippen LogP contribution < -0.4 is 0 Å². The van der Waals surface area contributed by atoms with Gasteiger partial charge in [-0.2, -0.15) is 0 Å². The molecule has 0 bridgehead atoms. The smallest absolute Gasteiger partial charge is 0.0723 e. The topological polar surface area (TPSA) is 9.23 Å². The summed E-state index contributed by atoms with van der Waals surface area (Å²) in [5.74, 6) is 0. The molecule has 13 heavy (non-hydrogen) atoms. The average molecular weight is 192 g/mol. The van der Waals surface area contributed by atoms with E-state index < -0.39 is 0 Å². The van der Waals surface area contributed by atoms with E-state index in [9.17, 15) is 0 Å². The summed E-state index contributed by atoms with van der Waals surface area (Å²) in [4.78, 5) is 0. The lowest BCUT2D eigenvalue weighted by Gasteiger charge is -2.34. The van der Waals surface area contributed by atoms with Crippen molar-refractivity contribution in [1.29, 1.82) is 0 Å². The number of hydrogen-bond acceptors (Lipinski definition) is 1. The Balaban J connectivity index is 2.23. The third kappa shape index (κ3) is 1.84. The van der Waals surface area contributed by atoms with E-state index in [0.717, 1.165) is 16.8 Å². The monoisotopic (exact) mass is 192 g/mol. The molecule has 1 aliphatic heterocycles. The quantitative estimate of drug-likeness (QED) is 0.611. The van der Waals surface area contributed by atoms with Gasteiger partial charge in [-0.3, -0.25) is 0 Å². The molecule has 0 spiro atoms. The maximum absolute atomic E-state index is 5.91. The van der Waals surface area contributed by atoms with Crippen molar-refractivity contribution in [3.63, 3.8) is 0 Å². The fourth-order valence-electron chi connectivity index (χ4n) is 1.95. The van der Waals surface area contributed by atoms with Crippen LogP contribution in [0.3, 0.4) is 0 Å². The van der Waals surface area contributed by atoms with Crippen LogP contribution in [0.4, 0.5) is 0 Å². The summed E-state index contributed by atoms with van der Waals surface area (Å²) in [6, 6.07) is 10.7. The van der Waals surface area contributed by atoms with Gasteiger partial charge < -0.3 is 4.74 Å². The Labute approximate surface area is 82.5 Å². The zero-order valence-corrected chi connectivity index (χ0v) is 10.1. The number of rotatable bonds is 1. The van der Waals surface area contributed by atoms with Gasteiger partial charge in [-0.15, -0.1) is 0 Å². The highest BCUT2D eigenvalue weighted by Gasteiger charge is 2.28. The van der Waals surface area contributed by atoms with Gasteiger partial charge in [-0.05, 0) is 24.8 Å². The van der Waals surface area contributed by atoms with Gasteiger partial charge in [0, 0.05) is 16.8 Å².